The number of rotatable bonds is 3. The van der Waals surface area contributed by atoms with Gasteiger partial charge in [0.05, 0.1) is 4.99 Å². The molecule has 0 radical (unpaired) electrons. The van der Waals surface area contributed by atoms with Crippen molar-refractivity contribution < 1.29 is 8.42 Å². The molecule has 0 saturated carbocycles. The first-order valence-electron chi connectivity index (χ1n) is 4.99. The zero-order valence-corrected chi connectivity index (χ0v) is 10.8. The van der Waals surface area contributed by atoms with Gasteiger partial charge in [0.15, 0.2) is 0 Å². The van der Waals surface area contributed by atoms with Gasteiger partial charge in [-0.15, -0.1) is 0 Å². The van der Waals surface area contributed by atoms with E-state index >= 15 is 0 Å². The van der Waals surface area contributed by atoms with Gasteiger partial charge in [0.1, 0.15) is 5.75 Å². The molecule has 1 rings (SSSR count). The number of nitrogens with zero attached hydrogens (tertiary/aromatic N) is 1. The van der Waals surface area contributed by atoms with Gasteiger partial charge in [-0.05, 0) is 18.3 Å². The molecule has 1 fully saturated rings. The van der Waals surface area contributed by atoms with Crippen LogP contribution in [0.25, 0.3) is 0 Å². The Bertz CT molecular complexity index is 339. The molecule has 88 valence electrons. The lowest BCUT2D eigenvalue weighted by Crippen LogP contribution is -2.43. The molecule has 0 aliphatic carbocycles. The van der Waals surface area contributed by atoms with Crippen molar-refractivity contribution in [3.63, 3.8) is 0 Å². The highest BCUT2D eigenvalue weighted by Gasteiger charge is 2.31. The van der Waals surface area contributed by atoms with Crippen LogP contribution in [0.1, 0.15) is 26.7 Å². The molecule has 1 heterocycles. The van der Waals surface area contributed by atoms with E-state index in [-0.39, 0.29) is 16.2 Å². The average Bonchev–Trinajstić information content (AvgIpc) is 2.00. The topological polar surface area (TPSA) is 63.4 Å². The molecule has 0 aromatic heterocycles. The summed E-state index contributed by atoms with van der Waals surface area (Å²) >= 11 is 4.63. The summed E-state index contributed by atoms with van der Waals surface area (Å²) in [7, 11) is -3.27. The lowest BCUT2D eigenvalue weighted by atomic mass is 9.83. The molecule has 4 nitrogen and oxygen atoms in total. The molecule has 0 aromatic rings. The third-order valence-electron chi connectivity index (χ3n) is 2.79. The van der Waals surface area contributed by atoms with Crippen molar-refractivity contribution in [3.05, 3.63) is 0 Å². The van der Waals surface area contributed by atoms with Crippen LogP contribution in [0.15, 0.2) is 0 Å². The average molecular weight is 250 g/mol. The van der Waals surface area contributed by atoms with Crippen LogP contribution in [-0.2, 0) is 10.0 Å². The maximum atomic E-state index is 11.8. The molecule has 0 aromatic carbocycles. The van der Waals surface area contributed by atoms with Crippen molar-refractivity contribution in [2.75, 3.05) is 18.8 Å². The molecular formula is C9H18N2O2S2. The van der Waals surface area contributed by atoms with Crippen molar-refractivity contribution in [2.45, 2.75) is 26.7 Å². The fourth-order valence-electron chi connectivity index (χ4n) is 1.64. The second-order valence-corrected chi connectivity index (χ2v) is 7.28. The second kappa shape index (κ2) is 4.35. The van der Waals surface area contributed by atoms with Crippen molar-refractivity contribution in [2.24, 2.45) is 11.1 Å². The highest BCUT2D eigenvalue weighted by atomic mass is 32.2. The third-order valence-corrected chi connectivity index (χ3v) is 4.95. The van der Waals surface area contributed by atoms with Gasteiger partial charge in [0, 0.05) is 13.1 Å². The van der Waals surface area contributed by atoms with Gasteiger partial charge >= 0.3 is 0 Å². The normalized spacial score (nSPS) is 22.5. The third kappa shape index (κ3) is 3.70. The van der Waals surface area contributed by atoms with Crippen LogP contribution < -0.4 is 5.73 Å². The minimum absolute atomic E-state index is 0.0415. The van der Waals surface area contributed by atoms with Gasteiger partial charge in [-0.25, -0.2) is 12.7 Å². The van der Waals surface area contributed by atoms with Crippen molar-refractivity contribution >= 4 is 27.2 Å². The number of hydrogen-bond donors (Lipinski definition) is 1. The van der Waals surface area contributed by atoms with Gasteiger partial charge in [-0.1, -0.05) is 26.1 Å². The Morgan fingerprint density at radius 3 is 2.27 bits per heavy atom. The van der Waals surface area contributed by atoms with Gasteiger partial charge < -0.3 is 5.73 Å². The first-order chi connectivity index (χ1) is 6.73. The Balaban J connectivity index is 2.64. The Morgan fingerprint density at radius 2 is 1.87 bits per heavy atom. The van der Waals surface area contributed by atoms with E-state index in [1.165, 1.54) is 4.31 Å². The van der Waals surface area contributed by atoms with Crippen molar-refractivity contribution in [1.82, 2.24) is 4.31 Å². The standard InChI is InChI=1S/C9H18N2O2S2/c1-9(2)3-5-11(6-4-9)15(12,13)7-8(10)14/h3-7H2,1-2H3,(H2,10,14). The molecule has 1 aliphatic rings. The van der Waals surface area contributed by atoms with E-state index in [9.17, 15) is 8.42 Å². The van der Waals surface area contributed by atoms with Crippen LogP contribution in [0.3, 0.4) is 0 Å². The smallest absolute Gasteiger partial charge is 0.220 e. The molecule has 1 saturated heterocycles. The number of hydrogen-bond acceptors (Lipinski definition) is 3. The lowest BCUT2D eigenvalue weighted by molar-refractivity contribution is 0.196. The highest BCUT2D eigenvalue weighted by molar-refractivity contribution is 7.92. The van der Waals surface area contributed by atoms with E-state index in [1.54, 1.807) is 0 Å². The predicted octanol–water partition coefficient (Wildman–Crippen LogP) is 0.724. The summed E-state index contributed by atoms with van der Waals surface area (Å²) in [5.41, 5.74) is 5.51. The molecule has 0 spiro atoms. The van der Waals surface area contributed by atoms with Crippen molar-refractivity contribution in [1.29, 1.82) is 0 Å². The first-order valence-corrected chi connectivity index (χ1v) is 7.01. The molecular weight excluding hydrogens is 232 g/mol. The maximum Gasteiger partial charge on any atom is 0.220 e. The van der Waals surface area contributed by atoms with E-state index < -0.39 is 10.0 Å². The summed E-state index contributed by atoms with van der Waals surface area (Å²) in [6.07, 6.45) is 1.78. The van der Waals surface area contributed by atoms with Crippen LogP contribution >= 0.6 is 12.2 Å². The first kappa shape index (κ1) is 12.9. The molecule has 0 atom stereocenters. The molecule has 0 bridgehead atoms. The zero-order chi connectivity index (χ0) is 11.7. The van der Waals surface area contributed by atoms with Crippen LogP contribution in [-0.4, -0.2) is 36.6 Å². The maximum absolute atomic E-state index is 11.8. The number of nitrogens with two attached hydrogens (primary N) is 1. The van der Waals surface area contributed by atoms with Crippen molar-refractivity contribution in [3.8, 4) is 0 Å². The van der Waals surface area contributed by atoms with Gasteiger partial charge in [0.25, 0.3) is 0 Å². The summed E-state index contributed by atoms with van der Waals surface area (Å²) in [4.78, 5) is 0.0415. The summed E-state index contributed by atoms with van der Waals surface area (Å²) in [6, 6.07) is 0. The molecule has 15 heavy (non-hydrogen) atoms. The highest BCUT2D eigenvalue weighted by Crippen LogP contribution is 2.30. The van der Waals surface area contributed by atoms with E-state index in [2.05, 4.69) is 26.1 Å². The van der Waals surface area contributed by atoms with Gasteiger partial charge in [-0.3, -0.25) is 0 Å². The minimum Gasteiger partial charge on any atom is -0.392 e. The summed E-state index contributed by atoms with van der Waals surface area (Å²) < 4.78 is 25.0. The zero-order valence-electron chi connectivity index (χ0n) is 9.19. The van der Waals surface area contributed by atoms with E-state index in [4.69, 9.17) is 5.73 Å². The Hall–Kier alpha value is -0.200. The minimum atomic E-state index is -3.27. The quantitative estimate of drug-likeness (QED) is 0.750. The molecule has 0 amide bonds. The number of sulfonamides is 1. The largest absolute Gasteiger partial charge is 0.392 e. The molecule has 1 aliphatic heterocycles. The van der Waals surface area contributed by atoms with Crippen LogP contribution in [0.5, 0.6) is 0 Å². The molecule has 6 heteroatoms. The Kier molecular flexibility index (Phi) is 3.73. The summed E-state index contributed by atoms with van der Waals surface area (Å²) in [6.45, 7) is 5.48. The number of piperidine rings is 1. The predicted molar refractivity (Wildman–Crippen MR) is 65.2 cm³/mol. The summed E-state index contributed by atoms with van der Waals surface area (Å²) in [5, 5.41) is 0. The van der Waals surface area contributed by atoms with E-state index in [1.807, 2.05) is 0 Å². The fraction of sp³-hybridized carbons (Fsp3) is 0.889. The lowest BCUT2D eigenvalue weighted by Gasteiger charge is -2.36. The number of thiocarbonyl (C=S) groups is 1. The van der Waals surface area contributed by atoms with Gasteiger partial charge in [-0.2, -0.15) is 0 Å². The SMILES string of the molecule is CC1(C)CCN(S(=O)(=O)CC(N)=S)CC1. The van der Waals surface area contributed by atoms with Crippen LogP contribution in [0.4, 0.5) is 0 Å². The van der Waals surface area contributed by atoms with E-state index in [0.717, 1.165) is 12.8 Å². The molecule has 2 N–H and O–H groups in total. The molecule has 0 unspecified atom stereocenters. The monoisotopic (exact) mass is 250 g/mol. The van der Waals surface area contributed by atoms with Crippen LogP contribution in [0.2, 0.25) is 0 Å². The Labute approximate surface area is 96.9 Å². The second-order valence-electron chi connectivity index (χ2n) is 4.79. The Morgan fingerprint density at radius 1 is 1.40 bits per heavy atom. The van der Waals surface area contributed by atoms with E-state index in [0.29, 0.717) is 13.1 Å². The fourth-order valence-corrected chi connectivity index (χ4v) is 3.37. The van der Waals surface area contributed by atoms with Crippen LogP contribution in [0, 0.1) is 5.41 Å². The van der Waals surface area contributed by atoms with Gasteiger partial charge in [0.2, 0.25) is 10.0 Å². The summed E-state index contributed by atoms with van der Waals surface area (Å²) in [5.74, 6) is -0.206.